The molecule has 19 heavy (non-hydrogen) atoms. The number of benzene rings is 1. The van der Waals surface area contributed by atoms with Crippen molar-refractivity contribution in [3.63, 3.8) is 0 Å². The fourth-order valence-corrected chi connectivity index (χ4v) is 3.92. The van der Waals surface area contributed by atoms with E-state index in [1.807, 2.05) is 30.0 Å². The minimum absolute atomic E-state index is 0.297. The molecule has 1 aliphatic carbocycles. The highest BCUT2D eigenvalue weighted by Gasteiger charge is 2.17. The predicted octanol–water partition coefficient (Wildman–Crippen LogP) is 4.25. The Kier molecular flexibility index (Phi) is 5.76. The number of ketones is 1. The summed E-state index contributed by atoms with van der Waals surface area (Å²) >= 11 is 5.32. The summed E-state index contributed by atoms with van der Waals surface area (Å²) in [6.07, 6.45) is 5.69. The van der Waals surface area contributed by atoms with Crippen molar-refractivity contribution in [3.8, 4) is 5.75 Å². The molecule has 0 atom stereocenters. The van der Waals surface area contributed by atoms with Crippen LogP contribution in [0.4, 0.5) is 0 Å². The lowest BCUT2D eigenvalue weighted by Crippen LogP contribution is -2.09. The summed E-state index contributed by atoms with van der Waals surface area (Å²) < 4.78 is 6.17. The van der Waals surface area contributed by atoms with Crippen LogP contribution in [0.3, 0.4) is 0 Å². The Morgan fingerprint density at radius 1 is 1.42 bits per heavy atom. The summed E-state index contributed by atoms with van der Waals surface area (Å²) in [4.78, 5) is 12.0. The molecule has 0 aliphatic heterocycles. The standard InChI is InChI=1S/C15H19BrO2S/c1-18-13-6-7-15(16)11(9-13)8-12(17)10-19-14-4-2-3-5-14/h6-7,9,14H,2-5,8,10H2,1H3. The molecule has 2 nitrogen and oxygen atoms in total. The first kappa shape index (κ1) is 14.9. The molecule has 4 heteroatoms. The van der Waals surface area contributed by atoms with Gasteiger partial charge in [-0.3, -0.25) is 4.79 Å². The van der Waals surface area contributed by atoms with Crippen molar-refractivity contribution in [1.29, 1.82) is 0 Å². The van der Waals surface area contributed by atoms with Crippen molar-refractivity contribution in [3.05, 3.63) is 28.2 Å². The number of carbonyl (C=O) groups is 1. The Labute approximate surface area is 127 Å². The van der Waals surface area contributed by atoms with Gasteiger partial charge in [0.15, 0.2) is 0 Å². The van der Waals surface area contributed by atoms with Crippen LogP contribution in [0, 0.1) is 0 Å². The van der Waals surface area contributed by atoms with Crippen LogP contribution in [-0.4, -0.2) is 23.9 Å². The molecule has 1 fully saturated rings. The largest absolute Gasteiger partial charge is 0.497 e. The van der Waals surface area contributed by atoms with Crippen LogP contribution in [0.15, 0.2) is 22.7 Å². The zero-order valence-electron chi connectivity index (χ0n) is 11.2. The van der Waals surface area contributed by atoms with Crippen molar-refractivity contribution < 1.29 is 9.53 Å². The van der Waals surface area contributed by atoms with Gasteiger partial charge in [-0.2, -0.15) is 11.8 Å². The van der Waals surface area contributed by atoms with Gasteiger partial charge >= 0.3 is 0 Å². The van der Waals surface area contributed by atoms with Gasteiger partial charge in [0.2, 0.25) is 0 Å². The molecule has 0 saturated heterocycles. The molecule has 104 valence electrons. The van der Waals surface area contributed by atoms with Gasteiger partial charge in [-0.25, -0.2) is 0 Å². The van der Waals surface area contributed by atoms with E-state index < -0.39 is 0 Å². The minimum Gasteiger partial charge on any atom is -0.497 e. The number of hydrogen-bond donors (Lipinski definition) is 0. The molecule has 1 aromatic carbocycles. The molecule has 0 heterocycles. The molecule has 1 aliphatic rings. The summed E-state index contributed by atoms with van der Waals surface area (Å²) in [5.41, 5.74) is 1.01. The highest BCUT2D eigenvalue weighted by molar-refractivity contribution is 9.10. The fraction of sp³-hybridized carbons (Fsp3) is 0.533. The second-order valence-electron chi connectivity index (χ2n) is 4.89. The average molecular weight is 343 g/mol. The van der Waals surface area contributed by atoms with Crippen LogP contribution in [-0.2, 0) is 11.2 Å². The molecule has 0 bridgehead atoms. The molecule has 0 spiro atoms. The molecule has 1 saturated carbocycles. The van der Waals surface area contributed by atoms with Gasteiger partial charge in [0, 0.05) is 16.1 Å². The molecular formula is C15H19BrO2S. The lowest BCUT2D eigenvalue weighted by atomic mass is 10.1. The van der Waals surface area contributed by atoms with Gasteiger partial charge in [0.05, 0.1) is 12.9 Å². The quantitative estimate of drug-likeness (QED) is 0.773. The highest BCUT2D eigenvalue weighted by Crippen LogP contribution is 2.30. The van der Waals surface area contributed by atoms with E-state index in [0.717, 1.165) is 15.8 Å². The number of methoxy groups -OCH3 is 1. The third-order valence-corrected chi connectivity index (χ3v) is 5.63. The molecule has 1 aromatic rings. The van der Waals surface area contributed by atoms with E-state index in [1.54, 1.807) is 7.11 Å². The normalized spacial score (nSPS) is 15.7. The van der Waals surface area contributed by atoms with E-state index in [1.165, 1.54) is 25.7 Å². The molecular weight excluding hydrogens is 324 g/mol. The maximum atomic E-state index is 12.0. The molecule has 0 N–H and O–H groups in total. The van der Waals surface area contributed by atoms with E-state index in [2.05, 4.69) is 15.9 Å². The third-order valence-electron chi connectivity index (χ3n) is 3.42. The number of Topliss-reactive ketones (excluding diaryl/α,β-unsaturated/α-hetero) is 1. The molecule has 0 amide bonds. The number of rotatable bonds is 6. The predicted molar refractivity (Wildman–Crippen MR) is 84.1 cm³/mol. The Balaban J connectivity index is 1.87. The zero-order chi connectivity index (χ0) is 13.7. The number of halogens is 1. The van der Waals surface area contributed by atoms with Crippen LogP contribution in [0.1, 0.15) is 31.2 Å². The summed E-state index contributed by atoms with van der Waals surface area (Å²) in [7, 11) is 1.64. The van der Waals surface area contributed by atoms with E-state index in [9.17, 15) is 4.79 Å². The van der Waals surface area contributed by atoms with Crippen LogP contribution >= 0.6 is 27.7 Å². The maximum Gasteiger partial charge on any atom is 0.147 e. The SMILES string of the molecule is COc1ccc(Br)c(CC(=O)CSC2CCCC2)c1. The Morgan fingerprint density at radius 2 is 2.16 bits per heavy atom. The topological polar surface area (TPSA) is 26.3 Å². The Bertz CT molecular complexity index is 442. The molecule has 2 rings (SSSR count). The number of ether oxygens (including phenoxy) is 1. The smallest absolute Gasteiger partial charge is 0.147 e. The van der Waals surface area contributed by atoms with Gasteiger partial charge in [0.25, 0.3) is 0 Å². The first-order valence-electron chi connectivity index (χ1n) is 6.65. The van der Waals surface area contributed by atoms with Crippen molar-refractivity contribution in [2.75, 3.05) is 12.9 Å². The number of carbonyl (C=O) groups excluding carboxylic acids is 1. The van der Waals surface area contributed by atoms with Crippen molar-refractivity contribution in [2.45, 2.75) is 37.4 Å². The summed E-state index contributed by atoms with van der Waals surface area (Å²) in [6.45, 7) is 0. The van der Waals surface area contributed by atoms with E-state index in [-0.39, 0.29) is 0 Å². The van der Waals surface area contributed by atoms with E-state index in [0.29, 0.717) is 23.2 Å². The van der Waals surface area contributed by atoms with E-state index >= 15 is 0 Å². The van der Waals surface area contributed by atoms with Crippen LogP contribution in [0.2, 0.25) is 0 Å². The Morgan fingerprint density at radius 3 is 2.84 bits per heavy atom. The maximum absolute atomic E-state index is 12.0. The summed E-state index contributed by atoms with van der Waals surface area (Å²) in [5, 5.41) is 0.706. The average Bonchev–Trinajstić information content (AvgIpc) is 2.92. The van der Waals surface area contributed by atoms with E-state index in [4.69, 9.17) is 4.74 Å². The van der Waals surface area contributed by atoms with Crippen molar-refractivity contribution in [1.82, 2.24) is 0 Å². The summed E-state index contributed by atoms with van der Waals surface area (Å²) in [6, 6.07) is 5.76. The van der Waals surface area contributed by atoms with Gasteiger partial charge in [-0.15, -0.1) is 0 Å². The van der Waals surface area contributed by atoms with Crippen LogP contribution in [0.5, 0.6) is 5.75 Å². The number of hydrogen-bond acceptors (Lipinski definition) is 3. The van der Waals surface area contributed by atoms with Gasteiger partial charge < -0.3 is 4.74 Å². The van der Waals surface area contributed by atoms with Gasteiger partial charge in [-0.05, 0) is 36.6 Å². The highest BCUT2D eigenvalue weighted by atomic mass is 79.9. The van der Waals surface area contributed by atoms with Crippen LogP contribution in [0.25, 0.3) is 0 Å². The lowest BCUT2D eigenvalue weighted by Gasteiger charge is -2.09. The fourth-order valence-electron chi connectivity index (χ4n) is 2.34. The lowest BCUT2D eigenvalue weighted by molar-refractivity contribution is -0.116. The van der Waals surface area contributed by atoms with Gasteiger partial charge in [-0.1, -0.05) is 28.8 Å². The van der Waals surface area contributed by atoms with Crippen molar-refractivity contribution in [2.24, 2.45) is 0 Å². The summed E-state index contributed by atoms with van der Waals surface area (Å²) in [5.74, 6) is 1.73. The first-order chi connectivity index (χ1) is 9.19. The molecule has 0 unspecified atom stereocenters. The second kappa shape index (κ2) is 7.34. The Hall–Kier alpha value is -0.480. The second-order valence-corrected chi connectivity index (χ2v) is 7.03. The third kappa shape index (κ3) is 4.53. The van der Waals surface area contributed by atoms with Gasteiger partial charge in [0.1, 0.15) is 11.5 Å². The molecule has 0 radical (unpaired) electrons. The van der Waals surface area contributed by atoms with Crippen molar-refractivity contribution >= 4 is 33.5 Å². The minimum atomic E-state index is 0.297. The van der Waals surface area contributed by atoms with Crippen LogP contribution < -0.4 is 4.74 Å². The zero-order valence-corrected chi connectivity index (χ0v) is 13.6. The number of thioether (sulfide) groups is 1. The molecule has 0 aromatic heterocycles. The monoisotopic (exact) mass is 342 g/mol. The first-order valence-corrected chi connectivity index (χ1v) is 8.49.